The third-order valence-corrected chi connectivity index (χ3v) is 6.39. The Morgan fingerprint density at radius 1 is 1.23 bits per heavy atom. The molecule has 3 amide bonds. The van der Waals surface area contributed by atoms with Gasteiger partial charge in [-0.2, -0.15) is 5.10 Å². The molecule has 0 aliphatic carbocycles. The molecule has 164 valence electrons. The lowest BCUT2D eigenvalue weighted by molar-refractivity contribution is -0.136. The monoisotopic (exact) mass is 423 g/mol. The summed E-state index contributed by atoms with van der Waals surface area (Å²) >= 11 is 0. The summed E-state index contributed by atoms with van der Waals surface area (Å²) in [6.07, 6.45) is 3.48. The van der Waals surface area contributed by atoms with Gasteiger partial charge in [0.1, 0.15) is 0 Å². The van der Waals surface area contributed by atoms with Crippen LogP contribution >= 0.6 is 0 Å². The Labute approximate surface area is 182 Å². The number of amides is 3. The molecule has 1 aromatic carbocycles. The van der Waals surface area contributed by atoms with Crippen LogP contribution in [0.25, 0.3) is 0 Å². The first-order valence-electron chi connectivity index (χ1n) is 11.0. The van der Waals surface area contributed by atoms with Crippen LogP contribution in [-0.4, -0.2) is 63.9 Å². The highest BCUT2D eigenvalue weighted by molar-refractivity contribution is 6.01. The number of para-hydroxylation sites is 1. The molecular weight excluding hydrogens is 394 g/mol. The Kier molecular flexibility index (Phi) is 6.06. The average Bonchev–Trinajstić information content (AvgIpc) is 3.29. The van der Waals surface area contributed by atoms with Gasteiger partial charge < -0.3 is 15.1 Å². The molecule has 1 aromatic heterocycles. The smallest absolute Gasteiger partial charge is 0.257 e. The van der Waals surface area contributed by atoms with E-state index in [4.69, 9.17) is 0 Å². The minimum atomic E-state index is -0.470. The number of carbonyl (C=O) groups is 3. The number of nitrogens with zero attached hydrogens (tertiary/aromatic N) is 3. The third-order valence-electron chi connectivity index (χ3n) is 6.39. The summed E-state index contributed by atoms with van der Waals surface area (Å²) in [6, 6.07) is 7.50. The first kappa shape index (κ1) is 21.1. The summed E-state index contributed by atoms with van der Waals surface area (Å²) in [7, 11) is 0. The van der Waals surface area contributed by atoms with Gasteiger partial charge in [0, 0.05) is 44.2 Å². The van der Waals surface area contributed by atoms with Crippen molar-refractivity contribution >= 4 is 23.4 Å². The number of benzene rings is 1. The van der Waals surface area contributed by atoms with Crippen molar-refractivity contribution < 1.29 is 14.4 Å². The van der Waals surface area contributed by atoms with Crippen molar-refractivity contribution in [2.24, 2.45) is 0 Å². The number of aromatic nitrogens is 2. The van der Waals surface area contributed by atoms with Crippen LogP contribution in [0.2, 0.25) is 0 Å². The van der Waals surface area contributed by atoms with Crippen LogP contribution in [0.4, 0.5) is 5.69 Å². The van der Waals surface area contributed by atoms with Gasteiger partial charge in [-0.25, -0.2) is 0 Å². The molecule has 2 aromatic rings. The SMILES string of the molecule is CCN(CC)C(=O)c1cn[nH]c1[C@H]1CCCN(C(=O)[C@H]2CC(=O)Nc3ccccc32)C1. The maximum Gasteiger partial charge on any atom is 0.257 e. The van der Waals surface area contributed by atoms with Gasteiger partial charge in [-0.1, -0.05) is 18.2 Å². The molecule has 8 nitrogen and oxygen atoms in total. The number of piperidine rings is 1. The van der Waals surface area contributed by atoms with Gasteiger partial charge in [0.15, 0.2) is 0 Å². The normalized spacial score (nSPS) is 20.7. The van der Waals surface area contributed by atoms with E-state index in [1.165, 1.54) is 0 Å². The molecule has 0 saturated carbocycles. The largest absolute Gasteiger partial charge is 0.341 e. The van der Waals surface area contributed by atoms with Gasteiger partial charge in [0.25, 0.3) is 5.91 Å². The lowest BCUT2D eigenvalue weighted by atomic mass is 9.87. The number of fused-ring (bicyclic) bond motifs is 1. The zero-order valence-corrected chi connectivity index (χ0v) is 18.1. The van der Waals surface area contributed by atoms with Gasteiger partial charge in [-0.05, 0) is 38.3 Å². The number of carbonyl (C=O) groups excluding carboxylic acids is 3. The number of aromatic amines is 1. The Bertz CT molecular complexity index is 981. The van der Waals surface area contributed by atoms with Gasteiger partial charge in [-0.15, -0.1) is 0 Å². The minimum absolute atomic E-state index is 0.0161. The van der Waals surface area contributed by atoms with Crippen LogP contribution in [-0.2, 0) is 9.59 Å². The van der Waals surface area contributed by atoms with Crippen LogP contribution < -0.4 is 5.32 Å². The number of anilines is 1. The fourth-order valence-electron chi connectivity index (χ4n) is 4.72. The molecule has 2 aliphatic rings. The first-order valence-corrected chi connectivity index (χ1v) is 11.0. The molecule has 1 saturated heterocycles. The molecule has 0 spiro atoms. The number of likely N-dealkylation sites (tertiary alicyclic amines) is 1. The van der Waals surface area contributed by atoms with Crippen molar-refractivity contribution in [3.8, 4) is 0 Å². The van der Waals surface area contributed by atoms with Crippen molar-refractivity contribution in [1.82, 2.24) is 20.0 Å². The summed E-state index contributed by atoms with van der Waals surface area (Å²) in [5.41, 5.74) is 2.97. The third kappa shape index (κ3) is 4.06. The molecule has 2 N–H and O–H groups in total. The molecule has 1 fully saturated rings. The van der Waals surface area contributed by atoms with E-state index < -0.39 is 5.92 Å². The van der Waals surface area contributed by atoms with Gasteiger partial charge >= 0.3 is 0 Å². The van der Waals surface area contributed by atoms with E-state index in [2.05, 4.69) is 15.5 Å². The molecule has 2 atom stereocenters. The molecule has 2 aliphatic heterocycles. The fourth-order valence-corrected chi connectivity index (χ4v) is 4.72. The van der Waals surface area contributed by atoms with E-state index in [9.17, 15) is 14.4 Å². The van der Waals surface area contributed by atoms with Gasteiger partial charge in [0.05, 0.1) is 23.4 Å². The predicted octanol–water partition coefficient (Wildman–Crippen LogP) is 2.72. The molecular formula is C23H29N5O3. The van der Waals surface area contributed by atoms with E-state index in [0.717, 1.165) is 24.1 Å². The quantitative estimate of drug-likeness (QED) is 0.773. The Morgan fingerprint density at radius 3 is 2.77 bits per heavy atom. The van der Waals surface area contributed by atoms with Crippen molar-refractivity contribution in [3.63, 3.8) is 0 Å². The predicted molar refractivity (Wildman–Crippen MR) is 117 cm³/mol. The van der Waals surface area contributed by atoms with E-state index in [-0.39, 0.29) is 30.1 Å². The second-order valence-corrected chi connectivity index (χ2v) is 8.19. The van der Waals surface area contributed by atoms with Crippen molar-refractivity contribution in [2.75, 3.05) is 31.5 Å². The fraction of sp³-hybridized carbons (Fsp3) is 0.478. The Hall–Kier alpha value is -3.16. The second-order valence-electron chi connectivity index (χ2n) is 8.19. The maximum atomic E-state index is 13.4. The number of nitrogens with one attached hydrogen (secondary N) is 2. The van der Waals surface area contributed by atoms with E-state index in [1.807, 2.05) is 43.0 Å². The summed E-state index contributed by atoms with van der Waals surface area (Å²) < 4.78 is 0. The average molecular weight is 424 g/mol. The van der Waals surface area contributed by atoms with Crippen LogP contribution in [0.1, 0.15) is 66.6 Å². The van der Waals surface area contributed by atoms with E-state index >= 15 is 0 Å². The highest BCUT2D eigenvalue weighted by Gasteiger charge is 2.36. The number of hydrogen-bond acceptors (Lipinski definition) is 4. The summed E-state index contributed by atoms with van der Waals surface area (Å²) in [5.74, 6) is -0.644. The minimum Gasteiger partial charge on any atom is -0.341 e. The maximum absolute atomic E-state index is 13.4. The Morgan fingerprint density at radius 2 is 2.00 bits per heavy atom. The number of hydrogen-bond donors (Lipinski definition) is 2. The lowest BCUT2D eigenvalue weighted by Crippen LogP contribution is -2.43. The first-order chi connectivity index (χ1) is 15.0. The van der Waals surface area contributed by atoms with Crippen LogP contribution in [0.5, 0.6) is 0 Å². The standard InChI is InChI=1S/C23H29N5O3/c1-3-27(4-2)23(31)18-13-24-26-21(18)15-8-7-11-28(14-15)22(30)17-12-20(29)25-19-10-6-5-9-16(17)19/h5-6,9-10,13,15,17H,3-4,7-8,11-12,14H2,1-2H3,(H,24,26)(H,25,29)/t15-,17-/m0/s1. The summed E-state index contributed by atoms with van der Waals surface area (Å²) in [5, 5.41) is 10.0. The molecule has 31 heavy (non-hydrogen) atoms. The Balaban J connectivity index is 1.54. The molecule has 0 bridgehead atoms. The highest BCUT2D eigenvalue weighted by Crippen LogP contribution is 2.35. The lowest BCUT2D eigenvalue weighted by Gasteiger charge is -2.36. The summed E-state index contributed by atoms with van der Waals surface area (Å²) in [4.78, 5) is 42.2. The van der Waals surface area contributed by atoms with Crippen LogP contribution in [0.3, 0.4) is 0 Å². The number of H-pyrrole nitrogens is 1. The van der Waals surface area contributed by atoms with Crippen LogP contribution in [0, 0.1) is 0 Å². The highest BCUT2D eigenvalue weighted by atomic mass is 16.2. The summed E-state index contributed by atoms with van der Waals surface area (Å²) in [6.45, 7) is 6.36. The molecule has 8 heteroatoms. The molecule has 0 radical (unpaired) electrons. The van der Waals surface area contributed by atoms with Gasteiger partial charge in [0.2, 0.25) is 11.8 Å². The molecule has 0 unspecified atom stereocenters. The van der Waals surface area contributed by atoms with E-state index in [1.54, 1.807) is 11.1 Å². The molecule has 4 rings (SSSR count). The van der Waals surface area contributed by atoms with Crippen LogP contribution in [0.15, 0.2) is 30.5 Å². The zero-order chi connectivity index (χ0) is 22.0. The zero-order valence-electron chi connectivity index (χ0n) is 18.1. The van der Waals surface area contributed by atoms with E-state index in [0.29, 0.717) is 37.4 Å². The topological polar surface area (TPSA) is 98.4 Å². The number of rotatable bonds is 5. The van der Waals surface area contributed by atoms with Crippen molar-refractivity contribution in [3.05, 3.63) is 47.3 Å². The van der Waals surface area contributed by atoms with Crippen molar-refractivity contribution in [1.29, 1.82) is 0 Å². The second kappa shape index (κ2) is 8.91. The van der Waals surface area contributed by atoms with Gasteiger partial charge in [-0.3, -0.25) is 19.5 Å². The van der Waals surface area contributed by atoms with Crippen molar-refractivity contribution in [2.45, 2.75) is 44.9 Å². The molecule has 3 heterocycles.